The fraction of sp³-hybridized carbons (Fsp3) is 0.250. The Balaban J connectivity index is 1.79. The lowest BCUT2D eigenvalue weighted by atomic mass is 10.1. The van der Waals surface area contributed by atoms with Crippen molar-refractivity contribution < 1.29 is 38.8 Å². The van der Waals surface area contributed by atoms with Crippen LogP contribution in [0.25, 0.3) is 0 Å². The molecule has 0 bridgehead atoms. The molecule has 2 heterocycles. The van der Waals surface area contributed by atoms with Crippen molar-refractivity contribution >= 4 is 17.9 Å². The van der Waals surface area contributed by atoms with Crippen molar-refractivity contribution in [2.24, 2.45) is 0 Å². The molecule has 1 aliphatic heterocycles. The molecule has 12 heteroatoms. The summed E-state index contributed by atoms with van der Waals surface area (Å²) in [7, 11) is 0. The van der Waals surface area contributed by atoms with Crippen molar-refractivity contribution in [1.82, 2.24) is 9.55 Å². The van der Waals surface area contributed by atoms with Gasteiger partial charge in [0, 0.05) is 0 Å². The molecule has 0 unspecified atom stereocenters. The molecule has 3 rings (SSSR count). The van der Waals surface area contributed by atoms with Crippen LogP contribution in [0.1, 0.15) is 6.23 Å². The number of hydrogen-bond acceptors (Lipinski definition) is 8. The molecule has 1 fully saturated rings. The second-order valence-electron chi connectivity index (χ2n) is 5.72. The van der Waals surface area contributed by atoms with Crippen LogP contribution in [0.5, 0.6) is 5.75 Å². The molecule has 1 amide bonds. The number of nitrogens with one attached hydrogen (secondary N) is 1. The topological polar surface area (TPSA) is 160 Å². The number of para-hydroxylation sites is 1. The van der Waals surface area contributed by atoms with E-state index < -0.39 is 53.9 Å². The number of hydrogen-bond donors (Lipinski definition) is 4. The highest BCUT2D eigenvalue weighted by Crippen LogP contribution is 2.29. The number of aromatic nitrogens is 2. The smallest absolute Gasteiger partial charge is 0.418 e. The fourth-order valence-corrected chi connectivity index (χ4v) is 2.53. The van der Waals surface area contributed by atoms with Gasteiger partial charge in [-0.15, -0.1) is 0 Å². The number of ether oxygens (including phenoxy) is 2. The van der Waals surface area contributed by atoms with E-state index in [0.29, 0.717) is 10.8 Å². The second kappa shape index (κ2) is 7.72. The van der Waals surface area contributed by atoms with E-state index in [-0.39, 0.29) is 5.75 Å². The van der Waals surface area contributed by atoms with Crippen LogP contribution < -0.4 is 15.7 Å². The lowest BCUT2D eigenvalue weighted by molar-refractivity contribution is -0.155. The number of anilines is 1. The number of carboxylic acid groups (broad SMARTS) is 1. The molecule has 1 aliphatic rings. The molecule has 2 aromatic rings. The fourth-order valence-electron chi connectivity index (χ4n) is 2.53. The zero-order valence-electron chi connectivity index (χ0n) is 13.9. The van der Waals surface area contributed by atoms with Gasteiger partial charge in [-0.1, -0.05) is 18.2 Å². The molecule has 1 saturated heterocycles. The molecular formula is C16H14FN3O8. The Hall–Kier alpha value is -3.35. The van der Waals surface area contributed by atoms with Crippen LogP contribution in [-0.4, -0.2) is 55.2 Å². The number of carbonyl (C=O) groups excluding carboxylic acids is 1. The van der Waals surface area contributed by atoms with Crippen molar-refractivity contribution in [2.75, 3.05) is 5.32 Å². The van der Waals surface area contributed by atoms with Crippen molar-refractivity contribution in [3.63, 3.8) is 0 Å². The van der Waals surface area contributed by atoms with Crippen LogP contribution in [0.2, 0.25) is 0 Å². The summed E-state index contributed by atoms with van der Waals surface area (Å²) in [6, 6.07) is 7.86. The summed E-state index contributed by atoms with van der Waals surface area (Å²) in [5.41, 5.74) is -1.17. The first-order chi connectivity index (χ1) is 13.3. The average molecular weight is 395 g/mol. The van der Waals surface area contributed by atoms with E-state index in [0.717, 1.165) is 0 Å². The van der Waals surface area contributed by atoms with Gasteiger partial charge in [-0.05, 0) is 12.1 Å². The SMILES string of the molecule is O=C(Nc1nc(=O)n([C@@H]2O[C@H](C(=O)O)[C@@H](O)[C@H]2O)cc1F)Oc1ccccc1. The van der Waals surface area contributed by atoms with Gasteiger partial charge in [0.05, 0.1) is 6.20 Å². The number of rotatable bonds is 4. The summed E-state index contributed by atoms with van der Waals surface area (Å²) in [6.07, 6.45) is -7.70. The molecule has 4 atom stereocenters. The van der Waals surface area contributed by atoms with Crippen molar-refractivity contribution in [1.29, 1.82) is 0 Å². The lowest BCUT2D eigenvalue weighted by Gasteiger charge is -2.17. The minimum atomic E-state index is -1.84. The number of benzene rings is 1. The molecule has 1 aromatic heterocycles. The normalized spacial score (nSPS) is 24.0. The number of halogens is 1. The van der Waals surface area contributed by atoms with Gasteiger partial charge >= 0.3 is 17.8 Å². The third-order valence-electron chi connectivity index (χ3n) is 3.84. The Morgan fingerprint density at radius 2 is 1.89 bits per heavy atom. The number of aliphatic hydroxyl groups excluding tert-OH is 2. The summed E-state index contributed by atoms with van der Waals surface area (Å²) in [4.78, 5) is 38.2. The van der Waals surface area contributed by atoms with E-state index in [1.54, 1.807) is 18.2 Å². The molecule has 28 heavy (non-hydrogen) atoms. The Morgan fingerprint density at radius 3 is 2.50 bits per heavy atom. The minimum Gasteiger partial charge on any atom is -0.479 e. The number of carbonyl (C=O) groups is 2. The summed E-state index contributed by atoms with van der Waals surface area (Å²) in [5, 5.41) is 30.4. The van der Waals surface area contributed by atoms with E-state index in [1.807, 2.05) is 5.32 Å². The van der Waals surface area contributed by atoms with Crippen LogP contribution >= 0.6 is 0 Å². The second-order valence-corrected chi connectivity index (χ2v) is 5.72. The van der Waals surface area contributed by atoms with E-state index in [1.165, 1.54) is 12.1 Å². The largest absolute Gasteiger partial charge is 0.479 e. The highest BCUT2D eigenvalue weighted by molar-refractivity contribution is 5.85. The van der Waals surface area contributed by atoms with Gasteiger partial charge in [0.25, 0.3) is 0 Å². The van der Waals surface area contributed by atoms with Crippen molar-refractivity contribution in [3.8, 4) is 5.75 Å². The molecule has 0 spiro atoms. The van der Waals surface area contributed by atoms with Gasteiger partial charge in [0.1, 0.15) is 18.0 Å². The number of amides is 1. The Labute approximate surface area is 155 Å². The van der Waals surface area contributed by atoms with Gasteiger partial charge in [0.15, 0.2) is 24.0 Å². The van der Waals surface area contributed by atoms with Crippen LogP contribution in [0.15, 0.2) is 41.3 Å². The van der Waals surface area contributed by atoms with Crippen molar-refractivity contribution in [2.45, 2.75) is 24.5 Å². The third-order valence-corrected chi connectivity index (χ3v) is 3.84. The molecular weight excluding hydrogens is 381 g/mol. The maximum atomic E-state index is 14.3. The standard InChI is InChI=1S/C16H14FN3O8/c17-8-6-20(13-10(22)9(21)11(28-13)14(23)24)15(25)18-12(8)19-16(26)27-7-4-2-1-3-5-7/h1-6,9-11,13,21-22H,(H,23,24)(H,18,19,25,26)/t9-,10+,11-,13+/m0/s1. The van der Waals surface area contributed by atoms with Crippen LogP contribution in [0.3, 0.4) is 0 Å². The predicted octanol–water partition coefficient (Wildman–Crippen LogP) is -0.303. The molecule has 11 nitrogen and oxygen atoms in total. The monoisotopic (exact) mass is 395 g/mol. The van der Waals surface area contributed by atoms with Gasteiger partial charge in [-0.2, -0.15) is 4.98 Å². The zero-order chi connectivity index (χ0) is 20.4. The van der Waals surface area contributed by atoms with E-state index in [4.69, 9.17) is 14.6 Å². The van der Waals surface area contributed by atoms with E-state index >= 15 is 0 Å². The summed E-state index contributed by atoms with van der Waals surface area (Å²) < 4.78 is 24.5. The van der Waals surface area contributed by atoms with Gasteiger partial charge < -0.3 is 24.8 Å². The first-order valence-corrected chi connectivity index (χ1v) is 7.85. The summed E-state index contributed by atoms with van der Waals surface area (Å²) >= 11 is 0. The number of carboxylic acids is 1. The Bertz CT molecular complexity index is 951. The third kappa shape index (κ3) is 3.83. The maximum Gasteiger partial charge on any atom is 0.418 e. The Morgan fingerprint density at radius 1 is 1.21 bits per heavy atom. The van der Waals surface area contributed by atoms with Crippen molar-refractivity contribution in [3.05, 3.63) is 52.8 Å². The Kier molecular flexibility index (Phi) is 5.35. The highest BCUT2D eigenvalue weighted by Gasteiger charge is 2.48. The molecule has 4 N–H and O–H groups in total. The van der Waals surface area contributed by atoms with E-state index in [2.05, 4.69) is 4.98 Å². The number of nitrogens with zero attached hydrogens (tertiary/aromatic N) is 2. The van der Waals surface area contributed by atoms with Crippen LogP contribution in [0.4, 0.5) is 15.0 Å². The van der Waals surface area contributed by atoms with Gasteiger partial charge in [-0.25, -0.2) is 18.8 Å². The number of aliphatic carboxylic acids is 1. The summed E-state index contributed by atoms with van der Waals surface area (Å²) in [5.74, 6) is -3.33. The molecule has 0 radical (unpaired) electrons. The molecule has 1 aromatic carbocycles. The van der Waals surface area contributed by atoms with Gasteiger partial charge in [0.2, 0.25) is 0 Å². The first kappa shape index (κ1) is 19.4. The first-order valence-electron chi connectivity index (χ1n) is 7.85. The van der Waals surface area contributed by atoms with Gasteiger partial charge in [-0.3, -0.25) is 9.88 Å². The lowest BCUT2D eigenvalue weighted by Crippen LogP contribution is -2.37. The zero-order valence-corrected chi connectivity index (χ0v) is 13.9. The molecule has 0 aliphatic carbocycles. The average Bonchev–Trinajstić information content (AvgIpc) is 2.94. The maximum absolute atomic E-state index is 14.3. The van der Waals surface area contributed by atoms with Crippen LogP contribution in [-0.2, 0) is 9.53 Å². The van der Waals surface area contributed by atoms with E-state index in [9.17, 15) is 29.0 Å². The quantitative estimate of drug-likeness (QED) is 0.545. The number of aliphatic hydroxyl groups is 2. The highest BCUT2D eigenvalue weighted by atomic mass is 19.1. The minimum absolute atomic E-state index is 0.171. The predicted molar refractivity (Wildman–Crippen MR) is 88.1 cm³/mol. The summed E-state index contributed by atoms with van der Waals surface area (Å²) in [6.45, 7) is 0. The molecule has 148 valence electrons. The molecule has 0 saturated carbocycles. The van der Waals surface area contributed by atoms with Crippen LogP contribution in [0, 0.1) is 5.82 Å².